The number of carbonyl (C=O) groups is 2. The first-order valence-electron chi connectivity index (χ1n) is 10.8. The number of Topliss-reactive ketones (excluding diaryl/α,β-unsaturated/α-hetero) is 1. The van der Waals surface area contributed by atoms with Crippen molar-refractivity contribution in [2.75, 3.05) is 6.61 Å². The van der Waals surface area contributed by atoms with Crippen molar-refractivity contribution in [2.24, 2.45) is 0 Å². The topological polar surface area (TPSA) is 43.4 Å². The quantitative estimate of drug-likeness (QED) is 0.190. The van der Waals surface area contributed by atoms with Gasteiger partial charge in [-0.05, 0) is 13.3 Å². The molecule has 0 amide bonds. The molecule has 0 rings (SSSR count). The molecular formula is C22H42O3. The number of carbonyl (C=O) groups excluding carboxylic acids is 2. The van der Waals surface area contributed by atoms with Gasteiger partial charge in [0, 0.05) is 12.8 Å². The second-order valence-electron chi connectivity index (χ2n) is 7.37. The lowest BCUT2D eigenvalue weighted by Gasteiger charge is -2.04. The number of ether oxygens (including phenoxy) is 1. The highest BCUT2D eigenvalue weighted by Crippen LogP contribution is 2.13. The number of hydrogen-bond donors (Lipinski definition) is 0. The maximum Gasteiger partial charge on any atom is 0.305 e. The van der Waals surface area contributed by atoms with Gasteiger partial charge in [0.2, 0.25) is 0 Å². The zero-order chi connectivity index (χ0) is 18.6. The highest BCUT2D eigenvalue weighted by Gasteiger charge is 2.03. The van der Waals surface area contributed by atoms with Crippen LogP contribution in [0.4, 0.5) is 0 Å². The van der Waals surface area contributed by atoms with Gasteiger partial charge >= 0.3 is 5.97 Å². The van der Waals surface area contributed by atoms with E-state index in [9.17, 15) is 9.59 Å². The van der Waals surface area contributed by atoms with Gasteiger partial charge in [0.1, 0.15) is 5.78 Å². The Morgan fingerprint density at radius 1 is 0.600 bits per heavy atom. The van der Waals surface area contributed by atoms with Crippen LogP contribution in [0.3, 0.4) is 0 Å². The molecule has 0 aliphatic rings. The molecule has 0 atom stereocenters. The molecule has 3 nitrogen and oxygen atoms in total. The minimum absolute atomic E-state index is 0.0692. The van der Waals surface area contributed by atoms with Crippen LogP contribution in [-0.2, 0) is 14.3 Å². The van der Waals surface area contributed by atoms with Crippen LogP contribution in [0.1, 0.15) is 123 Å². The van der Waals surface area contributed by atoms with Crippen LogP contribution in [0, 0.1) is 0 Å². The van der Waals surface area contributed by atoms with E-state index in [4.69, 9.17) is 4.74 Å². The van der Waals surface area contributed by atoms with Crippen molar-refractivity contribution in [3.63, 3.8) is 0 Å². The first-order chi connectivity index (χ1) is 12.2. The molecule has 0 spiro atoms. The molecule has 0 aromatic carbocycles. The third kappa shape index (κ3) is 21.1. The van der Waals surface area contributed by atoms with Crippen molar-refractivity contribution in [2.45, 2.75) is 123 Å². The standard InChI is InChI=1S/C22H42O3/c1-3-4-5-6-7-8-9-10-11-12-13-14-15-16-17-18-22(24)25-20-19-21(2)23/h3-20H2,1-2H3. The van der Waals surface area contributed by atoms with Gasteiger partial charge in [-0.2, -0.15) is 0 Å². The van der Waals surface area contributed by atoms with Crippen LogP contribution in [0.15, 0.2) is 0 Å². The molecule has 0 saturated heterocycles. The summed E-state index contributed by atoms with van der Waals surface area (Å²) in [5.41, 5.74) is 0. The van der Waals surface area contributed by atoms with E-state index < -0.39 is 0 Å². The number of unbranched alkanes of at least 4 members (excludes halogenated alkanes) is 14. The van der Waals surface area contributed by atoms with Gasteiger partial charge in [-0.3, -0.25) is 9.59 Å². The van der Waals surface area contributed by atoms with Crippen LogP contribution < -0.4 is 0 Å². The zero-order valence-electron chi connectivity index (χ0n) is 17.0. The lowest BCUT2D eigenvalue weighted by molar-refractivity contribution is -0.144. The summed E-state index contributed by atoms with van der Waals surface area (Å²) in [5, 5.41) is 0. The minimum atomic E-state index is -0.157. The van der Waals surface area contributed by atoms with Gasteiger partial charge in [0.25, 0.3) is 0 Å². The minimum Gasteiger partial charge on any atom is -0.465 e. The summed E-state index contributed by atoms with van der Waals surface area (Å²) < 4.78 is 5.01. The first kappa shape index (κ1) is 24.1. The van der Waals surface area contributed by atoms with Crippen molar-refractivity contribution in [3.8, 4) is 0 Å². The van der Waals surface area contributed by atoms with Crippen LogP contribution in [0.2, 0.25) is 0 Å². The molecule has 0 unspecified atom stereocenters. The van der Waals surface area contributed by atoms with Crippen LogP contribution in [0.25, 0.3) is 0 Å². The monoisotopic (exact) mass is 354 g/mol. The molecule has 0 saturated carbocycles. The molecule has 0 aromatic heterocycles. The fourth-order valence-corrected chi connectivity index (χ4v) is 3.02. The van der Waals surface area contributed by atoms with Gasteiger partial charge in [0.05, 0.1) is 6.61 Å². The highest BCUT2D eigenvalue weighted by molar-refractivity contribution is 5.76. The third-order valence-corrected chi connectivity index (χ3v) is 4.70. The Kier molecular flexibility index (Phi) is 18.8. The van der Waals surface area contributed by atoms with E-state index in [2.05, 4.69) is 6.92 Å². The molecular weight excluding hydrogens is 312 g/mol. The van der Waals surface area contributed by atoms with Crippen molar-refractivity contribution in [1.82, 2.24) is 0 Å². The number of esters is 1. The number of rotatable bonds is 19. The summed E-state index contributed by atoms with van der Waals surface area (Å²) in [7, 11) is 0. The van der Waals surface area contributed by atoms with Gasteiger partial charge in [0.15, 0.2) is 0 Å². The Morgan fingerprint density at radius 2 is 1.00 bits per heavy atom. The number of hydrogen-bond acceptors (Lipinski definition) is 3. The Hall–Kier alpha value is -0.860. The molecule has 3 heteroatoms. The fourth-order valence-electron chi connectivity index (χ4n) is 3.02. The summed E-state index contributed by atoms with van der Waals surface area (Å²) in [6.07, 6.45) is 20.7. The Morgan fingerprint density at radius 3 is 1.40 bits per heavy atom. The molecule has 0 aromatic rings. The molecule has 0 radical (unpaired) electrons. The molecule has 0 N–H and O–H groups in total. The van der Waals surface area contributed by atoms with Crippen molar-refractivity contribution < 1.29 is 14.3 Å². The van der Waals surface area contributed by atoms with Crippen LogP contribution in [0.5, 0.6) is 0 Å². The Labute approximate surface area is 156 Å². The summed E-state index contributed by atoms with van der Waals surface area (Å²) in [6, 6.07) is 0. The molecule has 0 aliphatic heterocycles. The predicted octanol–water partition coefficient (Wildman–Crippen LogP) is 6.77. The fraction of sp³-hybridized carbons (Fsp3) is 0.909. The summed E-state index contributed by atoms with van der Waals surface area (Å²) >= 11 is 0. The summed E-state index contributed by atoms with van der Waals surface area (Å²) in [4.78, 5) is 22.2. The van der Waals surface area contributed by atoms with E-state index in [0.717, 1.165) is 12.8 Å². The molecule has 25 heavy (non-hydrogen) atoms. The van der Waals surface area contributed by atoms with Crippen LogP contribution >= 0.6 is 0 Å². The van der Waals surface area contributed by atoms with E-state index >= 15 is 0 Å². The SMILES string of the molecule is CCCCCCCCCCCCCCCCCC(=O)OCCC(C)=O. The van der Waals surface area contributed by atoms with Gasteiger partial charge in [-0.1, -0.05) is 96.8 Å². The van der Waals surface area contributed by atoms with E-state index in [0.29, 0.717) is 12.8 Å². The van der Waals surface area contributed by atoms with E-state index in [1.54, 1.807) is 0 Å². The van der Waals surface area contributed by atoms with Crippen molar-refractivity contribution in [3.05, 3.63) is 0 Å². The highest BCUT2D eigenvalue weighted by atomic mass is 16.5. The van der Waals surface area contributed by atoms with Crippen molar-refractivity contribution >= 4 is 11.8 Å². The predicted molar refractivity (Wildman–Crippen MR) is 106 cm³/mol. The molecule has 148 valence electrons. The smallest absolute Gasteiger partial charge is 0.305 e. The molecule has 0 bridgehead atoms. The van der Waals surface area contributed by atoms with Gasteiger partial charge in [-0.15, -0.1) is 0 Å². The second kappa shape index (κ2) is 19.5. The van der Waals surface area contributed by atoms with Gasteiger partial charge in [-0.25, -0.2) is 0 Å². The third-order valence-electron chi connectivity index (χ3n) is 4.70. The van der Waals surface area contributed by atoms with E-state index in [-0.39, 0.29) is 18.4 Å². The zero-order valence-corrected chi connectivity index (χ0v) is 17.0. The first-order valence-corrected chi connectivity index (χ1v) is 10.8. The largest absolute Gasteiger partial charge is 0.465 e. The second-order valence-corrected chi connectivity index (χ2v) is 7.37. The number of ketones is 1. The summed E-state index contributed by atoms with van der Waals surface area (Å²) in [6.45, 7) is 4.03. The van der Waals surface area contributed by atoms with Crippen molar-refractivity contribution in [1.29, 1.82) is 0 Å². The molecule has 0 fully saturated rings. The summed E-state index contributed by atoms with van der Waals surface area (Å²) in [5.74, 6) is -0.0873. The van der Waals surface area contributed by atoms with Gasteiger partial charge < -0.3 is 4.74 Å². The van der Waals surface area contributed by atoms with E-state index in [1.165, 1.54) is 90.4 Å². The lowest BCUT2D eigenvalue weighted by Crippen LogP contribution is -2.07. The maximum absolute atomic E-state index is 11.4. The van der Waals surface area contributed by atoms with E-state index in [1.807, 2.05) is 0 Å². The Bertz CT molecular complexity index is 312. The molecule has 0 aliphatic carbocycles. The lowest BCUT2D eigenvalue weighted by atomic mass is 10.0. The Balaban J connectivity index is 3.11. The maximum atomic E-state index is 11.4. The molecule has 0 heterocycles. The average molecular weight is 355 g/mol. The average Bonchev–Trinajstić information content (AvgIpc) is 2.58. The van der Waals surface area contributed by atoms with Crippen LogP contribution in [-0.4, -0.2) is 18.4 Å². The normalized spacial score (nSPS) is 10.8.